The third-order valence-electron chi connectivity index (χ3n) is 5.84. The van der Waals surface area contributed by atoms with Gasteiger partial charge < -0.3 is 4.57 Å². The second-order valence-electron chi connectivity index (χ2n) is 7.96. The zero-order valence-electron chi connectivity index (χ0n) is 18.6. The molecular weight excluding hydrogens is 423 g/mol. The number of hydrogen-bond acceptors (Lipinski definition) is 3. The van der Waals surface area contributed by atoms with E-state index in [1.807, 2.05) is 19.9 Å². The van der Waals surface area contributed by atoms with Gasteiger partial charge in [0.05, 0.1) is 17.1 Å². The second-order valence-corrected chi connectivity index (χ2v) is 8.95. The van der Waals surface area contributed by atoms with Gasteiger partial charge in [0.15, 0.2) is 0 Å². The summed E-state index contributed by atoms with van der Waals surface area (Å²) >= 11 is 0.899. The number of para-hydroxylation sites is 1. The molecule has 3 aromatic rings. The number of rotatable bonds is 5. The first-order valence-electron chi connectivity index (χ1n) is 10.6. The van der Waals surface area contributed by atoms with Crippen LogP contribution in [0.1, 0.15) is 40.6 Å². The molecule has 6 heteroatoms. The van der Waals surface area contributed by atoms with Crippen LogP contribution in [0, 0.1) is 26.6 Å². The topological polar surface area (TPSA) is 42.3 Å². The Kier molecular flexibility index (Phi) is 6.07. The normalized spacial score (nSPS) is 15.3. The van der Waals surface area contributed by atoms with Crippen molar-refractivity contribution in [2.24, 2.45) is 0 Å². The number of carbonyl (C=O) groups excluding carboxylic acids is 2. The SMILES string of the molecule is CCc1cccc(C)c1-n1c(C)cc(/C=C2\SC(=O)N(Cc3ccccc3F)C2=O)c1C. The molecule has 0 atom stereocenters. The molecule has 1 aliphatic rings. The molecule has 2 aromatic carbocycles. The van der Waals surface area contributed by atoms with Crippen LogP contribution in [0.3, 0.4) is 0 Å². The average molecular weight is 449 g/mol. The Hall–Kier alpha value is -3.12. The lowest BCUT2D eigenvalue weighted by Crippen LogP contribution is -2.27. The van der Waals surface area contributed by atoms with E-state index in [-0.39, 0.29) is 11.8 Å². The monoisotopic (exact) mass is 448 g/mol. The molecule has 1 aliphatic heterocycles. The quantitative estimate of drug-likeness (QED) is 0.428. The molecule has 164 valence electrons. The van der Waals surface area contributed by atoms with Crippen LogP contribution in [0.5, 0.6) is 0 Å². The van der Waals surface area contributed by atoms with Gasteiger partial charge >= 0.3 is 0 Å². The van der Waals surface area contributed by atoms with E-state index in [0.717, 1.165) is 45.7 Å². The Bertz CT molecular complexity index is 1260. The molecule has 0 aliphatic carbocycles. The number of nitrogens with zero attached hydrogens (tertiary/aromatic N) is 2. The zero-order chi connectivity index (χ0) is 23.0. The van der Waals surface area contributed by atoms with Gasteiger partial charge in [0, 0.05) is 17.0 Å². The maximum atomic E-state index is 14.0. The summed E-state index contributed by atoms with van der Waals surface area (Å²) in [6.45, 7) is 8.23. The molecule has 0 radical (unpaired) electrons. The van der Waals surface area contributed by atoms with Crippen LogP contribution in [0.2, 0.25) is 0 Å². The van der Waals surface area contributed by atoms with Gasteiger partial charge in [0.2, 0.25) is 0 Å². The first-order valence-corrected chi connectivity index (χ1v) is 11.4. The van der Waals surface area contributed by atoms with Crippen molar-refractivity contribution in [2.75, 3.05) is 0 Å². The third kappa shape index (κ3) is 3.91. The van der Waals surface area contributed by atoms with E-state index < -0.39 is 11.7 Å². The minimum absolute atomic E-state index is 0.0726. The number of aromatic nitrogens is 1. The summed E-state index contributed by atoms with van der Waals surface area (Å²) in [6, 6.07) is 14.5. The van der Waals surface area contributed by atoms with Gasteiger partial charge in [-0.1, -0.05) is 43.3 Å². The van der Waals surface area contributed by atoms with Crippen LogP contribution >= 0.6 is 11.8 Å². The number of thioether (sulfide) groups is 1. The summed E-state index contributed by atoms with van der Waals surface area (Å²) in [7, 11) is 0. The second kappa shape index (κ2) is 8.79. The molecule has 4 rings (SSSR count). The number of benzene rings is 2. The summed E-state index contributed by atoms with van der Waals surface area (Å²) in [5.74, 6) is -0.817. The molecule has 32 heavy (non-hydrogen) atoms. The molecule has 0 unspecified atom stereocenters. The van der Waals surface area contributed by atoms with Crippen LogP contribution in [-0.2, 0) is 17.8 Å². The maximum Gasteiger partial charge on any atom is 0.293 e. The molecule has 1 fully saturated rings. The van der Waals surface area contributed by atoms with Crippen molar-refractivity contribution in [1.82, 2.24) is 9.47 Å². The highest BCUT2D eigenvalue weighted by Crippen LogP contribution is 2.35. The number of halogens is 1. The molecular formula is C26H25FN2O2S. The van der Waals surface area contributed by atoms with E-state index in [0.29, 0.717) is 10.5 Å². The number of aryl methyl sites for hydroxylation is 3. The highest BCUT2D eigenvalue weighted by Gasteiger charge is 2.35. The zero-order valence-corrected chi connectivity index (χ0v) is 19.4. The largest absolute Gasteiger partial charge is 0.317 e. The van der Waals surface area contributed by atoms with Crippen LogP contribution in [-0.4, -0.2) is 20.6 Å². The van der Waals surface area contributed by atoms with Gasteiger partial charge in [-0.2, -0.15) is 0 Å². The molecule has 2 amide bonds. The lowest BCUT2D eigenvalue weighted by atomic mass is 10.1. The maximum absolute atomic E-state index is 14.0. The van der Waals surface area contributed by atoms with Crippen molar-refractivity contribution in [2.45, 2.75) is 40.7 Å². The highest BCUT2D eigenvalue weighted by molar-refractivity contribution is 8.18. The molecule has 0 saturated carbocycles. The first kappa shape index (κ1) is 22.1. The average Bonchev–Trinajstić information content (AvgIpc) is 3.19. The van der Waals surface area contributed by atoms with Crippen molar-refractivity contribution >= 4 is 29.0 Å². The Morgan fingerprint density at radius 3 is 2.44 bits per heavy atom. The Morgan fingerprint density at radius 2 is 1.72 bits per heavy atom. The molecule has 4 nitrogen and oxygen atoms in total. The summed E-state index contributed by atoms with van der Waals surface area (Å²) in [4.78, 5) is 26.9. The fourth-order valence-corrected chi connectivity index (χ4v) is 5.01. The van der Waals surface area contributed by atoms with Crippen molar-refractivity contribution in [1.29, 1.82) is 0 Å². The van der Waals surface area contributed by atoms with E-state index in [9.17, 15) is 14.0 Å². The van der Waals surface area contributed by atoms with Crippen LogP contribution in [0.4, 0.5) is 9.18 Å². The van der Waals surface area contributed by atoms with Crippen LogP contribution in [0.25, 0.3) is 11.8 Å². The fourth-order valence-electron chi connectivity index (χ4n) is 4.18. The lowest BCUT2D eigenvalue weighted by molar-refractivity contribution is -0.123. The molecule has 0 bridgehead atoms. The van der Waals surface area contributed by atoms with Crippen LogP contribution < -0.4 is 0 Å². The number of amides is 2. The summed E-state index contributed by atoms with van der Waals surface area (Å²) in [6.07, 6.45) is 2.69. The first-order chi connectivity index (χ1) is 15.3. The smallest absolute Gasteiger partial charge is 0.293 e. The van der Waals surface area contributed by atoms with Gasteiger partial charge in [-0.3, -0.25) is 14.5 Å². The van der Waals surface area contributed by atoms with E-state index in [4.69, 9.17) is 0 Å². The third-order valence-corrected chi connectivity index (χ3v) is 6.75. The Labute approximate surface area is 191 Å². The van der Waals surface area contributed by atoms with Crippen molar-refractivity contribution in [3.8, 4) is 5.69 Å². The van der Waals surface area contributed by atoms with Gasteiger partial charge in [0.25, 0.3) is 11.1 Å². The summed E-state index contributed by atoms with van der Waals surface area (Å²) in [5, 5.41) is -0.384. The molecule has 1 saturated heterocycles. The van der Waals surface area contributed by atoms with Crippen molar-refractivity contribution < 1.29 is 14.0 Å². The minimum Gasteiger partial charge on any atom is -0.317 e. The number of imide groups is 1. The van der Waals surface area contributed by atoms with E-state index in [1.165, 1.54) is 17.2 Å². The lowest BCUT2D eigenvalue weighted by Gasteiger charge is -2.17. The van der Waals surface area contributed by atoms with Crippen LogP contribution in [0.15, 0.2) is 53.4 Å². The van der Waals surface area contributed by atoms with Gasteiger partial charge in [0.1, 0.15) is 5.82 Å². The molecule has 0 N–H and O–H groups in total. The minimum atomic E-state index is -0.427. The van der Waals surface area contributed by atoms with Gasteiger partial charge in [-0.05, 0) is 73.9 Å². The Balaban J connectivity index is 1.69. The predicted octanol–water partition coefficient (Wildman–Crippen LogP) is 6.34. The predicted molar refractivity (Wildman–Crippen MR) is 127 cm³/mol. The van der Waals surface area contributed by atoms with Crippen molar-refractivity contribution in [3.63, 3.8) is 0 Å². The Morgan fingerprint density at radius 1 is 1.00 bits per heavy atom. The van der Waals surface area contributed by atoms with E-state index in [2.05, 4.69) is 36.6 Å². The molecule has 0 spiro atoms. The standard InChI is InChI=1S/C26H25FN2O2S/c1-5-19-11-8-9-16(2)24(19)29-17(3)13-21(18(29)4)14-23-25(30)28(26(31)32-23)15-20-10-6-7-12-22(20)27/h6-14H,5,15H2,1-4H3/b23-14-. The summed E-state index contributed by atoms with van der Waals surface area (Å²) in [5.41, 5.74) is 6.88. The van der Waals surface area contributed by atoms with Gasteiger partial charge in [-0.15, -0.1) is 0 Å². The number of hydrogen-bond donors (Lipinski definition) is 0. The fraction of sp³-hybridized carbons (Fsp3) is 0.231. The number of carbonyl (C=O) groups is 2. The van der Waals surface area contributed by atoms with Gasteiger partial charge in [-0.25, -0.2) is 4.39 Å². The van der Waals surface area contributed by atoms with Crippen molar-refractivity contribution in [3.05, 3.63) is 92.9 Å². The molecule has 2 heterocycles. The van der Waals surface area contributed by atoms with E-state index >= 15 is 0 Å². The highest BCUT2D eigenvalue weighted by atomic mass is 32.2. The molecule has 1 aromatic heterocycles. The summed E-state index contributed by atoms with van der Waals surface area (Å²) < 4.78 is 16.2. The van der Waals surface area contributed by atoms with E-state index in [1.54, 1.807) is 24.3 Å².